The van der Waals surface area contributed by atoms with E-state index >= 15 is 0 Å². The molecule has 0 bridgehead atoms. The third kappa shape index (κ3) is 4.94. The summed E-state index contributed by atoms with van der Waals surface area (Å²) in [5, 5.41) is 14.7. The second-order valence-electron chi connectivity index (χ2n) is 9.41. The Morgan fingerprint density at radius 1 is 1.06 bits per heavy atom. The van der Waals surface area contributed by atoms with Crippen molar-refractivity contribution in [1.82, 2.24) is 30.2 Å². The van der Waals surface area contributed by atoms with E-state index in [4.69, 9.17) is 11.6 Å². The highest BCUT2D eigenvalue weighted by Crippen LogP contribution is 2.31. The molecule has 34 heavy (non-hydrogen) atoms. The number of aromatic amines is 1. The molecule has 0 amide bonds. The number of carbonyl (C=O) groups is 1. The van der Waals surface area contributed by atoms with E-state index in [1.165, 1.54) is 0 Å². The molecular formula is C26H29ClN6O. The highest BCUT2D eigenvalue weighted by molar-refractivity contribution is 6.32. The minimum atomic E-state index is -0.549. The van der Waals surface area contributed by atoms with Crippen molar-refractivity contribution in [2.24, 2.45) is 5.41 Å². The van der Waals surface area contributed by atoms with Crippen molar-refractivity contribution in [2.75, 3.05) is 0 Å². The van der Waals surface area contributed by atoms with Crippen molar-refractivity contribution in [1.29, 1.82) is 0 Å². The van der Waals surface area contributed by atoms with E-state index in [-0.39, 0.29) is 10.9 Å². The van der Waals surface area contributed by atoms with Crippen LogP contribution in [-0.4, -0.2) is 36.0 Å². The number of carbonyl (C=O) groups excluding carboxylic acids is 1. The van der Waals surface area contributed by atoms with Crippen LogP contribution in [0, 0.1) is 5.41 Å². The molecule has 0 spiro atoms. The Morgan fingerprint density at radius 3 is 2.38 bits per heavy atom. The lowest BCUT2D eigenvalue weighted by molar-refractivity contribution is 0.0848. The summed E-state index contributed by atoms with van der Waals surface area (Å²) < 4.78 is 1.99. The van der Waals surface area contributed by atoms with E-state index in [0.717, 1.165) is 47.3 Å². The Kier molecular flexibility index (Phi) is 6.93. The minimum absolute atomic E-state index is 0.00147. The van der Waals surface area contributed by atoms with Crippen molar-refractivity contribution < 1.29 is 4.79 Å². The van der Waals surface area contributed by atoms with Crippen LogP contribution in [0.15, 0.2) is 48.5 Å². The molecule has 1 N–H and O–H groups in total. The van der Waals surface area contributed by atoms with Crippen LogP contribution < -0.4 is 0 Å². The Hall–Kier alpha value is -3.32. The van der Waals surface area contributed by atoms with E-state index in [2.05, 4.69) is 56.8 Å². The average Bonchev–Trinajstić information content (AvgIpc) is 3.45. The van der Waals surface area contributed by atoms with Crippen LogP contribution in [0.5, 0.6) is 0 Å². The lowest BCUT2D eigenvalue weighted by Crippen LogP contribution is -2.24. The Morgan fingerprint density at radius 2 is 1.76 bits per heavy atom. The van der Waals surface area contributed by atoms with Crippen molar-refractivity contribution in [3.8, 4) is 22.5 Å². The number of Topliss-reactive ketones (excluding diaryl/α,β-unsaturated/α-hetero) is 1. The van der Waals surface area contributed by atoms with Gasteiger partial charge in [-0.05, 0) is 28.3 Å². The van der Waals surface area contributed by atoms with Crippen LogP contribution in [0.4, 0.5) is 0 Å². The molecule has 8 heteroatoms. The molecule has 2 aromatic heterocycles. The van der Waals surface area contributed by atoms with E-state index in [0.29, 0.717) is 18.1 Å². The Labute approximate surface area is 204 Å². The van der Waals surface area contributed by atoms with Crippen molar-refractivity contribution in [2.45, 2.75) is 53.5 Å². The van der Waals surface area contributed by atoms with Crippen LogP contribution >= 0.6 is 11.6 Å². The fourth-order valence-electron chi connectivity index (χ4n) is 3.91. The number of nitrogens with zero attached hydrogens (tertiary/aromatic N) is 5. The van der Waals surface area contributed by atoms with Gasteiger partial charge in [0.1, 0.15) is 11.5 Å². The smallest absolute Gasteiger partial charge is 0.205 e. The topological polar surface area (TPSA) is 89.4 Å². The molecule has 0 unspecified atom stereocenters. The number of H-pyrrole nitrogens is 1. The van der Waals surface area contributed by atoms with E-state index in [1.807, 2.05) is 49.6 Å². The number of nitrogens with one attached hydrogen (secondary N) is 1. The van der Waals surface area contributed by atoms with Crippen molar-refractivity contribution in [3.63, 3.8) is 0 Å². The number of tetrazole rings is 1. The lowest BCUT2D eigenvalue weighted by Gasteiger charge is -2.19. The predicted octanol–water partition coefficient (Wildman–Crippen LogP) is 6.00. The summed E-state index contributed by atoms with van der Waals surface area (Å²) in [6.07, 6.45) is 2.81. The summed E-state index contributed by atoms with van der Waals surface area (Å²) in [4.78, 5) is 17.8. The van der Waals surface area contributed by atoms with Gasteiger partial charge in [0.2, 0.25) is 5.82 Å². The first-order chi connectivity index (χ1) is 16.3. The van der Waals surface area contributed by atoms with E-state index in [9.17, 15) is 4.79 Å². The summed E-state index contributed by atoms with van der Waals surface area (Å²) in [5.41, 5.74) is 3.98. The highest BCUT2D eigenvalue weighted by atomic mass is 35.5. The molecule has 0 saturated carbocycles. The van der Waals surface area contributed by atoms with Gasteiger partial charge in [0.25, 0.3) is 0 Å². The molecule has 0 radical (unpaired) electrons. The maximum absolute atomic E-state index is 13.2. The van der Waals surface area contributed by atoms with Gasteiger partial charge in [-0.3, -0.25) is 4.79 Å². The minimum Gasteiger partial charge on any atom is -0.320 e. The Balaban J connectivity index is 1.68. The first-order valence-corrected chi connectivity index (χ1v) is 11.9. The van der Waals surface area contributed by atoms with Crippen molar-refractivity contribution in [3.05, 3.63) is 70.8 Å². The molecule has 0 saturated heterocycles. The van der Waals surface area contributed by atoms with Crippen molar-refractivity contribution >= 4 is 17.4 Å². The van der Waals surface area contributed by atoms with Crippen LogP contribution in [0.1, 0.15) is 62.4 Å². The first-order valence-electron chi connectivity index (χ1n) is 11.5. The number of rotatable bonds is 8. The third-order valence-corrected chi connectivity index (χ3v) is 6.04. The zero-order valence-electron chi connectivity index (χ0n) is 20.0. The van der Waals surface area contributed by atoms with Crippen LogP contribution in [0.25, 0.3) is 22.5 Å². The van der Waals surface area contributed by atoms with Gasteiger partial charge in [-0.1, -0.05) is 94.2 Å². The molecule has 0 atom stereocenters. The van der Waals surface area contributed by atoms with E-state index < -0.39 is 5.41 Å². The normalized spacial score (nSPS) is 11.7. The van der Waals surface area contributed by atoms with E-state index in [1.54, 1.807) is 0 Å². The predicted molar refractivity (Wildman–Crippen MR) is 134 cm³/mol. The van der Waals surface area contributed by atoms with Gasteiger partial charge >= 0.3 is 0 Å². The Bertz CT molecular complexity index is 1270. The number of hydrogen-bond donors (Lipinski definition) is 1. The summed E-state index contributed by atoms with van der Waals surface area (Å²) >= 11 is 6.50. The maximum atomic E-state index is 13.2. The van der Waals surface area contributed by atoms with Gasteiger partial charge in [-0.15, -0.1) is 10.2 Å². The number of unbranched alkanes of at least 4 members (excludes halogenated alkanes) is 1. The molecule has 2 aromatic carbocycles. The largest absolute Gasteiger partial charge is 0.320 e. The van der Waals surface area contributed by atoms with Gasteiger partial charge in [0.15, 0.2) is 10.9 Å². The number of aromatic nitrogens is 6. The van der Waals surface area contributed by atoms with Gasteiger partial charge in [0, 0.05) is 23.9 Å². The SMILES string of the molecule is CCCCc1nc(Cl)c(C(=O)C(C)(C)C)n1Cc1ccc(-c2ccccc2-c2nn[nH]n2)cc1. The summed E-state index contributed by atoms with van der Waals surface area (Å²) in [6.45, 7) is 8.39. The molecule has 2 heterocycles. The first kappa shape index (κ1) is 23.8. The van der Waals surface area contributed by atoms with Crippen LogP contribution in [0.3, 0.4) is 0 Å². The van der Waals surface area contributed by atoms with Gasteiger partial charge in [0.05, 0.1) is 0 Å². The molecular weight excluding hydrogens is 448 g/mol. The fourth-order valence-corrected chi connectivity index (χ4v) is 4.20. The number of imidazole rings is 1. The molecule has 4 rings (SSSR count). The molecule has 176 valence electrons. The summed E-state index contributed by atoms with van der Waals surface area (Å²) in [5.74, 6) is 1.41. The third-order valence-electron chi connectivity index (χ3n) is 5.77. The van der Waals surface area contributed by atoms with Crippen LogP contribution in [-0.2, 0) is 13.0 Å². The number of halogens is 1. The maximum Gasteiger partial charge on any atom is 0.205 e. The number of benzene rings is 2. The quantitative estimate of drug-likeness (QED) is 0.315. The zero-order valence-corrected chi connectivity index (χ0v) is 20.7. The number of aryl methyl sites for hydroxylation is 1. The molecule has 0 aliphatic carbocycles. The number of ketones is 1. The molecule has 4 aromatic rings. The zero-order chi connectivity index (χ0) is 24.3. The summed E-state index contributed by atoms with van der Waals surface area (Å²) in [6, 6.07) is 16.3. The summed E-state index contributed by atoms with van der Waals surface area (Å²) in [7, 11) is 0. The standard InChI is InChI=1S/C26H29ClN6O/c1-5-6-11-21-28-24(27)22(23(34)26(2,3)4)33(21)16-17-12-14-18(15-13-17)19-9-7-8-10-20(19)25-29-31-32-30-25/h7-10,12-15H,5-6,11,16H2,1-4H3,(H,29,30,31,32). The monoisotopic (exact) mass is 476 g/mol. The molecule has 7 nitrogen and oxygen atoms in total. The van der Waals surface area contributed by atoms with Gasteiger partial charge in [-0.25, -0.2) is 4.98 Å². The lowest BCUT2D eigenvalue weighted by atomic mass is 9.89. The molecule has 0 aliphatic heterocycles. The highest BCUT2D eigenvalue weighted by Gasteiger charge is 2.30. The second-order valence-corrected chi connectivity index (χ2v) is 9.77. The van der Waals surface area contributed by atoms with Gasteiger partial charge in [-0.2, -0.15) is 5.21 Å². The second kappa shape index (κ2) is 9.89. The fraction of sp³-hybridized carbons (Fsp3) is 0.346. The average molecular weight is 477 g/mol. The molecule has 0 fully saturated rings. The molecule has 0 aliphatic rings. The van der Waals surface area contributed by atoms with Crippen LogP contribution in [0.2, 0.25) is 5.15 Å². The van der Waals surface area contributed by atoms with Gasteiger partial charge < -0.3 is 4.57 Å². The number of hydrogen-bond acceptors (Lipinski definition) is 5.